The summed E-state index contributed by atoms with van der Waals surface area (Å²) in [5.74, 6) is 0. The smallest absolute Gasteiger partial charge is 0.0450 e. The molecule has 0 saturated carbocycles. The molecule has 2 nitrogen and oxygen atoms in total. The highest BCUT2D eigenvalue weighted by molar-refractivity contribution is 5.20. The van der Waals surface area contributed by atoms with E-state index in [1.165, 1.54) is 12.0 Å². The Morgan fingerprint density at radius 1 is 1.35 bits per heavy atom. The van der Waals surface area contributed by atoms with Crippen LogP contribution in [0.5, 0.6) is 0 Å². The Bertz CT molecular complexity index is 332. The topological polar surface area (TPSA) is 15.3 Å². The van der Waals surface area contributed by atoms with E-state index < -0.39 is 0 Å². The molecule has 1 aliphatic rings. The minimum Gasteiger partial charge on any atom is -0.307 e. The third-order valence-corrected chi connectivity index (χ3v) is 3.98. The molecule has 0 bridgehead atoms. The fourth-order valence-corrected chi connectivity index (χ4v) is 2.64. The Labute approximate surface area is 105 Å². The molecule has 2 rings (SSSR count). The van der Waals surface area contributed by atoms with Crippen molar-refractivity contribution in [3.63, 3.8) is 0 Å². The van der Waals surface area contributed by atoms with Crippen molar-refractivity contribution in [3.05, 3.63) is 35.9 Å². The zero-order chi connectivity index (χ0) is 12.3. The first-order chi connectivity index (χ1) is 8.22. The van der Waals surface area contributed by atoms with Gasteiger partial charge in [0.05, 0.1) is 0 Å². The van der Waals surface area contributed by atoms with Crippen molar-refractivity contribution in [3.8, 4) is 0 Å². The van der Waals surface area contributed by atoms with Crippen molar-refractivity contribution >= 4 is 0 Å². The largest absolute Gasteiger partial charge is 0.307 e. The number of piperazine rings is 1. The summed E-state index contributed by atoms with van der Waals surface area (Å²) in [6.07, 6.45) is 1.23. The van der Waals surface area contributed by atoms with Gasteiger partial charge in [-0.2, -0.15) is 0 Å². The molecule has 0 spiro atoms. The van der Waals surface area contributed by atoms with Crippen molar-refractivity contribution in [2.75, 3.05) is 13.1 Å². The van der Waals surface area contributed by atoms with E-state index in [2.05, 4.69) is 61.3 Å². The summed E-state index contributed by atoms with van der Waals surface area (Å²) in [6, 6.07) is 12.6. The lowest BCUT2D eigenvalue weighted by Gasteiger charge is -2.42. The van der Waals surface area contributed by atoms with E-state index in [4.69, 9.17) is 0 Å². The lowest BCUT2D eigenvalue weighted by molar-refractivity contribution is 0.0967. The van der Waals surface area contributed by atoms with Gasteiger partial charge in [0, 0.05) is 31.2 Å². The monoisotopic (exact) mass is 232 g/mol. The molecule has 3 unspecified atom stereocenters. The molecule has 1 aliphatic heterocycles. The molecule has 1 saturated heterocycles. The van der Waals surface area contributed by atoms with Crippen LogP contribution in [0.4, 0.5) is 0 Å². The van der Waals surface area contributed by atoms with Crippen LogP contribution in [0.1, 0.15) is 38.8 Å². The summed E-state index contributed by atoms with van der Waals surface area (Å²) in [7, 11) is 0. The molecule has 0 aliphatic carbocycles. The minimum atomic E-state index is 0.487. The summed E-state index contributed by atoms with van der Waals surface area (Å²) in [5, 5.41) is 3.65. The van der Waals surface area contributed by atoms with Gasteiger partial charge in [-0.1, -0.05) is 37.3 Å². The van der Waals surface area contributed by atoms with Crippen LogP contribution in [0.15, 0.2) is 30.3 Å². The van der Waals surface area contributed by atoms with Crippen LogP contribution < -0.4 is 5.32 Å². The normalized spacial score (nSPS) is 27.9. The van der Waals surface area contributed by atoms with Crippen molar-refractivity contribution in [1.82, 2.24) is 10.2 Å². The average molecular weight is 232 g/mol. The molecule has 1 heterocycles. The Morgan fingerprint density at radius 2 is 2.06 bits per heavy atom. The maximum absolute atomic E-state index is 3.65. The van der Waals surface area contributed by atoms with E-state index in [0.717, 1.165) is 13.1 Å². The van der Waals surface area contributed by atoms with E-state index >= 15 is 0 Å². The lowest BCUT2D eigenvalue weighted by atomic mass is 10.0. The van der Waals surface area contributed by atoms with Gasteiger partial charge >= 0.3 is 0 Å². The minimum absolute atomic E-state index is 0.487. The van der Waals surface area contributed by atoms with Gasteiger partial charge in [0.25, 0.3) is 0 Å². The number of nitrogens with one attached hydrogen (secondary N) is 1. The van der Waals surface area contributed by atoms with Crippen LogP contribution in [0.25, 0.3) is 0 Å². The van der Waals surface area contributed by atoms with Gasteiger partial charge < -0.3 is 5.32 Å². The predicted molar refractivity (Wildman–Crippen MR) is 73.1 cm³/mol. The molecule has 17 heavy (non-hydrogen) atoms. The van der Waals surface area contributed by atoms with E-state index in [9.17, 15) is 0 Å². The van der Waals surface area contributed by atoms with Crippen LogP contribution in [0, 0.1) is 0 Å². The van der Waals surface area contributed by atoms with Gasteiger partial charge in [-0.15, -0.1) is 0 Å². The summed E-state index contributed by atoms with van der Waals surface area (Å²) in [6.45, 7) is 9.14. The first kappa shape index (κ1) is 12.6. The maximum Gasteiger partial charge on any atom is 0.0450 e. The number of nitrogens with zero attached hydrogens (tertiary/aromatic N) is 1. The first-order valence-corrected chi connectivity index (χ1v) is 6.76. The highest BCUT2D eigenvalue weighted by Crippen LogP contribution is 2.22. The third kappa shape index (κ3) is 2.88. The summed E-state index contributed by atoms with van der Waals surface area (Å²) in [4.78, 5) is 2.63. The second-order valence-electron chi connectivity index (χ2n) is 5.17. The van der Waals surface area contributed by atoms with Gasteiger partial charge in [0.1, 0.15) is 0 Å². The molecule has 1 aromatic rings. The predicted octanol–water partition coefficient (Wildman–Crippen LogP) is 2.82. The maximum atomic E-state index is 3.65. The second-order valence-corrected chi connectivity index (χ2v) is 5.17. The SMILES string of the molecule is CCC(C)N1CC(c2ccccc2)NCC1C. The standard InChI is InChI=1S/C15H24N2/c1-4-12(2)17-11-15(16-10-13(17)3)14-8-6-5-7-9-14/h5-9,12-13,15-16H,4,10-11H2,1-3H3. The van der Waals surface area contributed by atoms with E-state index in [1.54, 1.807) is 0 Å². The van der Waals surface area contributed by atoms with Gasteiger partial charge in [-0.25, -0.2) is 0 Å². The molecule has 0 aromatic heterocycles. The Morgan fingerprint density at radius 3 is 2.71 bits per heavy atom. The van der Waals surface area contributed by atoms with E-state index in [-0.39, 0.29) is 0 Å². The Hall–Kier alpha value is -0.860. The van der Waals surface area contributed by atoms with E-state index in [1.807, 2.05) is 0 Å². The van der Waals surface area contributed by atoms with Crippen molar-refractivity contribution in [2.45, 2.75) is 45.3 Å². The fourth-order valence-electron chi connectivity index (χ4n) is 2.64. The summed E-state index contributed by atoms with van der Waals surface area (Å²) < 4.78 is 0. The van der Waals surface area contributed by atoms with Gasteiger partial charge in [0.2, 0.25) is 0 Å². The van der Waals surface area contributed by atoms with Crippen LogP contribution >= 0.6 is 0 Å². The van der Waals surface area contributed by atoms with Crippen molar-refractivity contribution in [1.29, 1.82) is 0 Å². The number of hydrogen-bond donors (Lipinski definition) is 1. The van der Waals surface area contributed by atoms with Crippen LogP contribution in [0.2, 0.25) is 0 Å². The second kappa shape index (κ2) is 5.65. The molecule has 94 valence electrons. The van der Waals surface area contributed by atoms with Gasteiger partial charge in [-0.3, -0.25) is 4.90 Å². The number of benzene rings is 1. The summed E-state index contributed by atoms with van der Waals surface area (Å²) >= 11 is 0. The van der Waals surface area contributed by atoms with Crippen LogP contribution in [-0.4, -0.2) is 30.1 Å². The third-order valence-electron chi connectivity index (χ3n) is 3.98. The lowest BCUT2D eigenvalue weighted by Crippen LogP contribution is -2.54. The van der Waals surface area contributed by atoms with Crippen LogP contribution in [0.3, 0.4) is 0 Å². The zero-order valence-corrected chi connectivity index (χ0v) is 11.2. The quantitative estimate of drug-likeness (QED) is 0.862. The molecule has 1 N–H and O–H groups in total. The number of rotatable bonds is 3. The first-order valence-electron chi connectivity index (χ1n) is 6.76. The molecule has 0 amide bonds. The average Bonchev–Trinajstić information content (AvgIpc) is 2.39. The summed E-state index contributed by atoms with van der Waals surface area (Å²) in [5.41, 5.74) is 1.41. The van der Waals surface area contributed by atoms with Gasteiger partial charge in [0.15, 0.2) is 0 Å². The van der Waals surface area contributed by atoms with Gasteiger partial charge in [-0.05, 0) is 25.8 Å². The van der Waals surface area contributed by atoms with Crippen molar-refractivity contribution in [2.24, 2.45) is 0 Å². The molecule has 3 atom stereocenters. The molecule has 1 fully saturated rings. The van der Waals surface area contributed by atoms with Crippen LogP contribution in [-0.2, 0) is 0 Å². The molecular formula is C15H24N2. The number of hydrogen-bond acceptors (Lipinski definition) is 2. The van der Waals surface area contributed by atoms with Crippen molar-refractivity contribution < 1.29 is 0 Å². The Balaban J connectivity index is 2.08. The fraction of sp³-hybridized carbons (Fsp3) is 0.600. The molecule has 1 aromatic carbocycles. The highest BCUT2D eigenvalue weighted by atomic mass is 15.2. The zero-order valence-electron chi connectivity index (χ0n) is 11.2. The molecule has 0 radical (unpaired) electrons. The van der Waals surface area contributed by atoms with E-state index in [0.29, 0.717) is 18.1 Å². The Kier molecular flexibility index (Phi) is 4.19. The highest BCUT2D eigenvalue weighted by Gasteiger charge is 2.28. The molecule has 2 heteroatoms. The molecular weight excluding hydrogens is 208 g/mol.